The molecule has 36 heavy (non-hydrogen) atoms. The van der Waals surface area contributed by atoms with Crippen LogP contribution in [0.5, 0.6) is 11.5 Å². The summed E-state index contributed by atoms with van der Waals surface area (Å²) in [4.78, 5) is 14.9. The Hall–Kier alpha value is -3.24. The van der Waals surface area contributed by atoms with E-state index in [9.17, 15) is 4.79 Å². The highest BCUT2D eigenvalue weighted by molar-refractivity contribution is 7.99. The molecular weight excluding hydrogens is 478 g/mol. The van der Waals surface area contributed by atoms with Gasteiger partial charge in [-0.1, -0.05) is 11.8 Å². The number of nitrogens with zero attached hydrogens (tertiary/aromatic N) is 4. The van der Waals surface area contributed by atoms with Gasteiger partial charge in [-0.05, 0) is 69.3 Å². The molecule has 1 aromatic heterocycles. The highest BCUT2D eigenvalue weighted by Crippen LogP contribution is 2.28. The number of morpholine rings is 1. The molecule has 9 nitrogen and oxygen atoms in total. The van der Waals surface area contributed by atoms with Crippen LogP contribution in [0.4, 0.5) is 11.4 Å². The smallest absolute Gasteiger partial charge is 0.234 e. The zero-order valence-corrected chi connectivity index (χ0v) is 22.0. The number of hydrogen-bond acceptors (Lipinski definition) is 8. The van der Waals surface area contributed by atoms with Crippen LogP contribution >= 0.6 is 11.8 Å². The number of ether oxygens (including phenoxy) is 3. The second-order valence-electron chi connectivity index (χ2n) is 8.72. The first-order chi connectivity index (χ1) is 17.4. The van der Waals surface area contributed by atoms with E-state index in [1.165, 1.54) is 11.8 Å². The maximum atomic E-state index is 12.6. The van der Waals surface area contributed by atoms with Gasteiger partial charge in [0.05, 0.1) is 26.1 Å². The highest BCUT2D eigenvalue weighted by Gasteiger charge is 2.22. The van der Waals surface area contributed by atoms with E-state index in [2.05, 4.69) is 34.3 Å². The number of anilines is 2. The van der Waals surface area contributed by atoms with Crippen LogP contribution in [0.2, 0.25) is 0 Å². The summed E-state index contributed by atoms with van der Waals surface area (Å²) >= 11 is 1.36. The Kier molecular flexibility index (Phi) is 8.71. The lowest BCUT2D eigenvalue weighted by atomic mass is 10.2. The summed E-state index contributed by atoms with van der Waals surface area (Å²) in [5.74, 6) is 2.33. The Bertz CT molecular complexity index is 1130. The number of aromatic nitrogens is 3. The highest BCUT2D eigenvalue weighted by atomic mass is 32.2. The summed E-state index contributed by atoms with van der Waals surface area (Å²) in [5, 5.41) is 12.4. The van der Waals surface area contributed by atoms with Crippen molar-refractivity contribution in [3.63, 3.8) is 0 Å². The predicted octanol–water partition coefficient (Wildman–Crippen LogP) is 4.58. The van der Waals surface area contributed by atoms with Gasteiger partial charge in [0, 0.05) is 30.5 Å². The Morgan fingerprint density at radius 1 is 1.03 bits per heavy atom. The molecule has 1 atom stereocenters. The minimum absolute atomic E-state index is 0.0958. The Labute approximate surface area is 216 Å². The van der Waals surface area contributed by atoms with Gasteiger partial charge in [-0.25, -0.2) is 0 Å². The molecular formula is C26H33N5O4S. The van der Waals surface area contributed by atoms with Gasteiger partial charge in [0.1, 0.15) is 11.5 Å². The maximum Gasteiger partial charge on any atom is 0.234 e. The van der Waals surface area contributed by atoms with Gasteiger partial charge in [0.2, 0.25) is 5.91 Å². The number of nitrogens with one attached hydrogen (secondary N) is 1. The zero-order chi connectivity index (χ0) is 25.5. The summed E-state index contributed by atoms with van der Waals surface area (Å²) in [6.07, 6.45) is -0.318. The van der Waals surface area contributed by atoms with Crippen molar-refractivity contribution >= 4 is 29.0 Å². The van der Waals surface area contributed by atoms with E-state index in [1.54, 1.807) is 7.11 Å². The lowest BCUT2D eigenvalue weighted by molar-refractivity contribution is -0.113. The van der Waals surface area contributed by atoms with Crippen molar-refractivity contribution in [1.82, 2.24) is 14.8 Å². The van der Waals surface area contributed by atoms with Crippen LogP contribution in [-0.4, -0.2) is 59.8 Å². The molecule has 4 rings (SSSR count). The van der Waals surface area contributed by atoms with Crippen molar-refractivity contribution in [2.45, 2.75) is 38.1 Å². The van der Waals surface area contributed by atoms with Crippen molar-refractivity contribution in [3.8, 4) is 11.5 Å². The van der Waals surface area contributed by atoms with Crippen LogP contribution in [0.3, 0.4) is 0 Å². The van der Waals surface area contributed by atoms with Crippen LogP contribution < -0.4 is 19.7 Å². The standard InChI is InChI=1S/C26H33N5O4S/c1-18(2)31-25(19(3)35-23-11-9-22(33-4)10-12-23)28-29-26(31)36-17-24(32)27-20-5-7-21(8-6-20)30-13-15-34-16-14-30/h5-12,18-19H,13-17H2,1-4H3,(H,27,32). The number of amides is 1. The first-order valence-corrected chi connectivity index (χ1v) is 13.0. The van der Waals surface area contributed by atoms with Crippen molar-refractivity contribution in [2.24, 2.45) is 0 Å². The second kappa shape index (κ2) is 12.1. The second-order valence-corrected chi connectivity index (χ2v) is 9.67. The molecule has 0 spiro atoms. The third-order valence-electron chi connectivity index (χ3n) is 5.80. The van der Waals surface area contributed by atoms with Gasteiger partial charge in [-0.15, -0.1) is 10.2 Å². The summed E-state index contributed by atoms with van der Waals surface area (Å²) in [6.45, 7) is 9.31. The third-order valence-corrected chi connectivity index (χ3v) is 6.75. The van der Waals surface area contributed by atoms with Gasteiger partial charge >= 0.3 is 0 Å². The summed E-state index contributed by atoms with van der Waals surface area (Å²) in [5.41, 5.74) is 1.90. The normalized spacial score (nSPS) is 14.5. The van der Waals surface area contributed by atoms with Gasteiger partial charge in [-0.3, -0.25) is 4.79 Å². The molecule has 1 N–H and O–H groups in total. The Morgan fingerprint density at radius 3 is 2.33 bits per heavy atom. The van der Waals surface area contributed by atoms with Gasteiger partial charge in [0.15, 0.2) is 17.1 Å². The van der Waals surface area contributed by atoms with E-state index in [1.807, 2.05) is 60.0 Å². The van der Waals surface area contributed by atoms with E-state index in [0.717, 1.165) is 49.2 Å². The average Bonchev–Trinajstić information content (AvgIpc) is 3.33. The van der Waals surface area contributed by atoms with Crippen LogP contribution in [0, 0.1) is 0 Å². The summed E-state index contributed by atoms with van der Waals surface area (Å²) in [6, 6.07) is 15.4. The number of carbonyl (C=O) groups is 1. The Balaban J connectivity index is 1.34. The lowest BCUT2D eigenvalue weighted by Crippen LogP contribution is -2.36. The minimum atomic E-state index is -0.318. The average molecular weight is 512 g/mol. The maximum absolute atomic E-state index is 12.6. The van der Waals surface area contributed by atoms with E-state index >= 15 is 0 Å². The SMILES string of the molecule is COc1ccc(OC(C)c2nnc(SCC(=O)Nc3ccc(N4CCOCC4)cc3)n2C(C)C)cc1. The first-order valence-electron chi connectivity index (χ1n) is 12.1. The Morgan fingerprint density at radius 2 is 1.69 bits per heavy atom. The fourth-order valence-electron chi connectivity index (χ4n) is 3.96. The molecule has 0 bridgehead atoms. The molecule has 192 valence electrons. The van der Waals surface area contributed by atoms with E-state index < -0.39 is 0 Å². The molecule has 0 saturated carbocycles. The molecule has 2 heterocycles. The lowest BCUT2D eigenvalue weighted by Gasteiger charge is -2.28. The molecule has 0 radical (unpaired) electrons. The van der Waals surface area contributed by atoms with Crippen molar-refractivity contribution in [2.75, 3.05) is 49.4 Å². The van der Waals surface area contributed by atoms with Crippen molar-refractivity contribution in [1.29, 1.82) is 0 Å². The third kappa shape index (κ3) is 6.50. The van der Waals surface area contributed by atoms with Gasteiger partial charge in [0.25, 0.3) is 0 Å². The number of rotatable bonds is 10. The van der Waals surface area contributed by atoms with Crippen LogP contribution in [0.15, 0.2) is 53.7 Å². The molecule has 1 saturated heterocycles. The topological polar surface area (TPSA) is 90.7 Å². The van der Waals surface area contributed by atoms with E-state index in [-0.39, 0.29) is 23.8 Å². The predicted molar refractivity (Wildman–Crippen MR) is 141 cm³/mol. The number of methoxy groups -OCH3 is 1. The largest absolute Gasteiger partial charge is 0.497 e. The molecule has 3 aromatic rings. The molecule has 1 fully saturated rings. The fourth-order valence-corrected chi connectivity index (χ4v) is 4.84. The first kappa shape index (κ1) is 25.8. The molecule has 1 aliphatic rings. The summed E-state index contributed by atoms with van der Waals surface area (Å²) in [7, 11) is 1.63. The number of carbonyl (C=O) groups excluding carboxylic acids is 1. The number of thioether (sulfide) groups is 1. The minimum Gasteiger partial charge on any atom is -0.497 e. The molecule has 10 heteroatoms. The monoisotopic (exact) mass is 511 g/mol. The van der Waals surface area contributed by atoms with E-state index in [4.69, 9.17) is 14.2 Å². The summed E-state index contributed by atoms with van der Waals surface area (Å²) < 4.78 is 18.7. The molecule has 1 amide bonds. The van der Waals surface area contributed by atoms with E-state index in [0.29, 0.717) is 11.0 Å². The van der Waals surface area contributed by atoms with Crippen molar-refractivity contribution < 1.29 is 19.0 Å². The van der Waals surface area contributed by atoms with Crippen LogP contribution in [-0.2, 0) is 9.53 Å². The van der Waals surface area contributed by atoms with Gasteiger partial charge < -0.3 is 29.0 Å². The molecule has 2 aromatic carbocycles. The quantitative estimate of drug-likeness (QED) is 0.396. The molecule has 0 aliphatic carbocycles. The number of benzene rings is 2. The van der Waals surface area contributed by atoms with Crippen LogP contribution in [0.25, 0.3) is 0 Å². The molecule has 1 unspecified atom stereocenters. The zero-order valence-electron chi connectivity index (χ0n) is 21.1. The fraction of sp³-hybridized carbons (Fsp3) is 0.423. The number of hydrogen-bond donors (Lipinski definition) is 1. The van der Waals surface area contributed by atoms with Gasteiger partial charge in [-0.2, -0.15) is 0 Å². The van der Waals surface area contributed by atoms with Crippen LogP contribution in [0.1, 0.15) is 38.7 Å². The molecule has 1 aliphatic heterocycles. The van der Waals surface area contributed by atoms with Crippen molar-refractivity contribution in [3.05, 3.63) is 54.4 Å².